The number of nitrogens with zero attached hydrogens (tertiary/aromatic N) is 2. The smallest absolute Gasteiger partial charge is 0.217 e. The molecule has 1 aliphatic heterocycles. The van der Waals surface area contributed by atoms with E-state index in [0.717, 1.165) is 48.8 Å². The van der Waals surface area contributed by atoms with Gasteiger partial charge in [0.15, 0.2) is 5.96 Å². The predicted octanol–water partition coefficient (Wildman–Crippen LogP) is 2.93. The molecular weight excluding hydrogens is 364 g/mol. The Morgan fingerprint density at radius 3 is 2.76 bits per heavy atom. The summed E-state index contributed by atoms with van der Waals surface area (Å²) in [6.45, 7) is 2.96. The molecule has 6 nitrogen and oxygen atoms in total. The zero-order valence-electron chi connectivity index (χ0n) is 17.0. The molecule has 6 heteroatoms. The number of guanidine groups is 1. The first-order valence-electron chi connectivity index (χ1n) is 10.1. The summed E-state index contributed by atoms with van der Waals surface area (Å²) in [7, 11) is 1.79. The number of hydrogen-bond acceptors (Lipinski definition) is 3. The third-order valence-electron chi connectivity index (χ3n) is 5.12. The molecule has 1 aliphatic rings. The largest absolute Gasteiger partial charge is 0.489 e. The van der Waals surface area contributed by atoms with Gasteiger partial charge < -0.3 is 20.7 Å². The van der Waals surface area contributed by atoms with E-state index in [-0.39, 0.29) is 5.91 Å². The summed E-state index contributed by atoms with van der Waals surface area (Å²) in [5, 5.41) is 3.43. The third-order valence-corrected chi connectivity index (χ3v) is 5.12. The average Bonchev–Trinajstić information content (AvgIpc) is 2.74. The number of carbonyl (C=O) groups is 1. The van der Waals surface area contributed by atoms with Crippen LogP contribution in [0.25, 0.3) is 0 Å². The topological polar surface area (TPSA) is 80.0 Å². The van der Waals surface area contributed by atoms with Crippen LogP contribution < -0.4 is 15.8 Å². The van der Waals surface area contributed by atoms with Crippen LogP contribution in [0.4, 0.5) is 0 Å². The molecule has 0 saturated carbocycles. The lowest BCUT2D eigenvalue weighted by Gasteiger charge is -2.34. The minimum Gasteiger partial charge on any atom is -0.489 e. The second-order valence-corrected chi connectivity index (χ2v) is 7.45. The first-order chi connectivity index (χ1) is 14.1. The van der Waals surface area contributed by atoms with E-state index in [1.54, 1.807) is 7.05 Å². The lowest BCUT2D eigenvalue weighted by atomic mass is 9.95. The van der Waals surface area contributed by atoms with Gasteiger partial charge in [-0.15, -0.1) is 0 Å². The molecule has 0 aliphatic carbocycles. The van der Waals surface area contributed by atoms with E-state index >= 15 is 0 Å². The lowest BCUT2D eigenvalue weighted by Crippen LogP contribution is -2.46. The Balaban J connectivity index is 1.53. The van der Waals surface area contributed by atoms with Crippen LogP contribution in [0.5, 0.6) is 5.75 Å². The Labute approximate surface area is 172 Å². The number of carbonyl (C=O) groups excluding carboxylic acids is 1. The summed E-state index contributed by atoms with van der Waals surface area (Å²) in [6, 6.07) is 18.2. The minimum absolute atomic E-state index is 0.230. The molecule has 154 valence electrons. The maximum atomic E-state index is 11.2. The summed E-state index contributed by atoms with van der Waals surface area (Å²) in [4.78, 5) is 17.9. The summed E-state index contributed by atoms with van der Waals surface area (Å²) in [5.41, 5.74) is 7.65. The SMILES string of the molecule is CN=C(NCc1cccc(OCc2ccccc2)c1)N1CCCC(CC(N)=O)C1. The summed E-state index contributed by atoms with van der Waals surface area (Å²) in [6.07, 6.45) is 2.52. The molecule has 1 atom stereocenters. The van der Waals surface area contributed by atoms with Gasteiger partial charge in [0.1, 0.15) is 12.4 Å². The van der Waals surface area contributed by atoms with Crippen LogP contribution >= 0.6 is 0 Å². The fourth-order valence-electron chi connectivity index (χ4n) is 3.71. The van der Waals surface area contributed by atoms with Crippen molar-refractivity contribution in [1.29, 1.82) is 0 Å². The van der Waals surface area contributed by atoms with Crippen molar-refractivity contribution in [3.05, 3.63) is 65.7 Å². The van der Waals surface area contributed by atoms with Crippen LogP contribution in [0.1, 0.15) is 30.4 Å². The Kier molecular flexibility index (Phi) is 7.50. The molecule has 29 heavy (non-hydrogen) atoms. The number of nitrogens with one attached hydrogen (secondary N) is 1. The predicted molar refractivity (Wildman–Crippen MR) is 116 cm³/mol. The number of nitrogens with two attached hydrogens (primary N) is 1. The van der Waals surface area contributed by atoms with Gasteiger partial charge in [-0.3, -0.25) is 9.79 Å². The number of amides is 1. The van der Waals surface area contributed by atoms with Crippen LogP contribution in [0.2, 0.25) is 0 Å². The molecule has 1 heterocycles. The molecule has 1 fully saturated rings. The molecule has 0 spiro atoms. The van der Waals surface area contributed by atoms with E-state index in [2.05, 4.69) is 39.5 Å². The Morgan fingerprint density at radius 1 is 1.21 bits per heavy atom. The normalized spacial score (nSPS) is 17.1. The number of ether oxygens (including phenoxy) is 1. The zero-order chi connectivity index (χ0) is 20.5. The van der Waals surface area contributed by atoms with Crippen LogP contribution in [0.15, 0.2) is 59.6 Å². The highest BCUT2D eigenvalue weighted by Gasteiger charge is 2.23. The van der Waals surface area contributed by atoms with Gasteiger partial charge in [0, 0.05) is 33.1 Å². The zero-order valence-corrected chi connectivity index (χ0v) is 17.0. The number of primary amides is 1. The molecule has 1 saturated heterocycles. The highest BCUT2D eigenvalue weighted by Crippen LogP contribution is 2.20. The molecular formula is C23H30N4O2. The molecule has 0 radical (unpaired) electrons. The van der Waals surface area contributed by atoms with E-state index in [0.29, 0.717) is 25.5 Å². The van der Waals surface area contributed by atoms with Crippen molar-refractivity contribution in [1.82, 2.24) is 10.2 Å². The van der Waals surface area contributed by atoms with E-state index in [9.17, 15) is 4.79 Å². The highest BCUT2D eigenvalue weighted by atomic mass is 16.5. The second-order valence-electron chi connectivity index (χ2n) is 7.45. The van der Waals surface area contributed by atoms with Gasteiger partial charge in [0.05, 0.1) is 0 Å². The van der Waals surface area contributed by atoms with E-state index in [1.165, 1.54) is 0 Å². The number of benzene rings is 2. The summed E-state index contributed by atoms with van der Waals surface area (Å²) in [5.74, 6) is 1.78. The summed E-state index contributed by atoms with van der Waals surface area (Å²) < 4.78 is 5.92. The molecule has 1 unspecified atom stereocenters. The van der Waals surface area contributed by atoms with Gasteiger partial charge in [-0.2, -0.15) is 0 Å². The second kappa shape index (κ2) is 10.5. The van der Waals surface area contributed by atoms with Gasteiger partial charge in [0.25, 0.3) is 0 Å². The maximum absolute atomic E-state index is 11.2. The monoisotopic (exact) mass is 394 g/mol. The van der Waals surface area contributed by atoms with Crippen LogP contribution in [0.3, 0.4) is 0 Å². The average molecular weight is 395 g/mol. The van der Waals surface area contributed by atoms with Crippen molar-refractivity contribution in [3.63, 3.8) is 0 Å². The van der Waals surface area contributed by atoms with Gasteiger partial charge in [-0.05, 0) is 42.0 Å². The fourth-order valence-corrected chi connectivity index (χ4v) is 3.71. The highest BCUT2D eigenvalue weighted by molar-refractivity contribution is 5.80. The lowest BCUT2D eigenvalue weighted by molar-refractivity contribution is -0.119. The van der Waals surface area contributed by atoms with E-state index in [4.69, 9.17) is 10.5 Å². The van der Waals surface area contributed by atoms with Crippen molar-refractivity contribution in [2.45, 2.75) is 32.4 Å². The quantitative estimate of drug-likeness (QED) is 0.559. The molecule has 3 rings (SSSR count). The van der Waals surface area contributed by atoms with Crippen LogP contribution in [-0.2, 0) is 17.9 Å². The summed E-state index contributed by atoms with van der Waals surface area (Å²) >= 11 is 0. The van der Waals surface area contributed by atoms with Crippen molar-refractivity contribution in [2.75, 3.05) is 20.1 Å². The minimum atomic E-state index is -0.230. The van der Waals surface area contributed by atoms with Gasteiger partial charge in [-0.25, -0.2) is 0 Å². The molecule has 1 amide bonds. The van der Waals surface area contributed by atoms with Crippen molar-refractivity contribution >= 4 is 11.9 Å². The maximum Gasteiger partial charge on any atom is 0.217 e. The first kappa shape index (κ1) is 20.7. The van der Waals surface area contributed by atoms with Crippen molar-refractivity contribution < 1.29 is 9.53 Å². The van der Waals surface area contributed by atoms with E-state index in [1.807, 2.05) is 30.3 Å². The Bertz CT molecular complexity index is 823. The van der Waals surface area contributed by atoms with Crippen molar-refractivity contribution in [2.24, 2.45) is 16.6 Å². The number of rotatable bonds is 7. The van der Waals surface area contributed by atoms with Gasteiger partial charge in [0.2, 0.25) is 5.91 Å². The molecule has 0 bridgehead atoms. The van der Waals surface area contributed by atoms with E-state index < -0.39 is 0 Å². The molecule has 3 N–H and O–H groups in total. The van der Waals surface area contributed by atoms with Gasteiger partial charge >= 0.3 is 0 Å². The number of hydrogen-bond donors (Lipinski definition) is 2. The number of piperidine rings is 1. The fraction of sp³-hybridized carbons (Fsp3) is 0.391. The van der Waals surface area contributed by atoms with Crippen LogP contribution in [0, 0.1) is 5.92 Å². The van der Waals surface area contributed by atoms with Crippen LogP contribution in [-0.4, -0.2) is 36.9 Å². The van der Waals surface area contributed by atoms with Gasteiger partial charge in [-0.1, -0.05) is 42.5 Å². The Morgan fingerprint density at radius 2 is 2.00 bits per heavy atom. The number of aliphatic imine (C=N–C) groups is 1. The molecule has 0 aromatic heterocycles. The number of likely N-dealkylation sites (tertiary alicyclic amines) is 1. The molecule has 2 aromatic carbocycles. The third kappa shape index (κ3) is 6.52. The standard InChI is InChI=1S/C23H30N4O2/c1-25-23(27-12-6-10-20(16-27)14-22(24)28)26-15-19-9-5-11-21(13-19)29-17-18-7-3-2-4-8-18/h2-5,7-9,11,13,20H,6,10,12,14-17H2,1H3,(H2,24,28)(H,25,26). The first-order valence-corrected chi connectivity index (χ1v) is 10.1. The van der Waals surface area contributed by atoms with Crippen molar-refractivity contribution in [3.8, 4) is 5.75 Å². The molecule has 2 aromatic rings. The Hall–Kier alpha value is -3.02.